The lowest BCUT2D eigenvalue weighted by Crippen LogP contribution is -2.53. The standard InChI is InChI=1S/C10H18F2N2O3/c1-10(2,3)7(8(15)16)13-9(17)14(4)5-6(11)12/h6-7H,5H2,1-4H3,(H,13,17)(H,15,16). The number of carbonyl (C=O) groups is 2. The van der Waals surface area contributed by atoms with E-state index in [1.165, 1.54) is 7.05 Å². The normalized spacial score (nSPS) is 13.4. The Kier molecular flexibility index (Phi) is 5.31. The molecule has 0 aliphatic carbocycles. The first-order valence-electron chi connectivity index (χ1n) is 5.08. The van der Waals surface area contributed by atoms with Gasteiger partial charge in [0.15, 0.2) is 0 Å². The summed E-state index contributed by atoms with van der Waals surface area (Å²) in [6.07, 6.45) is -2.65. The summed E-state index contributed by atoms with van der Waals surface area (Å²) in [7, 11) is 1.18. The van der Waals surface area contributed by atoms with E-state index >= 15 is 0 Å². The summed E-state index contributed by atoms with van der Waals surface area (Å²) in [5, 5.41) is 11.2. The van der Waals surface area contributed by atoms with Gasteiger partial charge < -0.3 is 15.3 Å². The second kappa shape index (κ2) is 5.79. The van der Waals surface area contributed by atoms with Crippen molar-refractivity contribution in [2.24, 2.45) is 5.41 Å². The number of halogens is 2. The SMILES string of the molecule is CN(CC(F)F)C(=O)NC(C(=O)O)C(C)(C)C. The molecule has 0 saturated carbocycles. The third-order valence-electron chi connectivity index (χ3n) is 2.14. The number of hydrogen-bond acceptors (Lipinski definition) is 2. The van der Waals surface area contributed by atoms with Gasteiger partial charge in [-0.15, -0.1) is 0 Å². The Hall–Kier alpha value is -1.40. The monoisotopic (exact) mass is 252 g/mol. The molecule has 2 amide bonds. The van der Waals surface area contributed by atoms with E-state index < -0.39 is 36.4 Å². The van der Waals surface area contributed by atoms with E-state index in [-0.39, 0.29) is 0 Å². The number of carboxylic acids is 1. The zero-order chi connectivity index (χ0) is 13.8. The Bertz CT molecular complexity index is 290. The van der Waals surface area contributed by atoms with Crippen LogP contribution in [-0.4, -0.2) is 48.1 Å². The predicted octanol–water partition coefficient (Wildman–Crippen LogP) is 1.39. The number of aliphatic carboxylic acids is 1. The number of amides is 2. The Labute approximate surface area is 98.8 Å². The highest BCUT2D eigenvalue weighted by atomic mass is 19.3. The van der Waals surface area contributed by atoms with Crippen molar-refractivity contribution in [2.45, 2.75) is 33.2 Å². The highest BCUT2D eigenvalue weighted by Crippen LogP contribution is 2.19. The first-order chi connectivity index (χ1) is 7.55. The summed E-state index contributed by atoms with van der Waals surface area (Å²) in [5.41, 5.74) is -0.701. The first-order valence-corrected chi connectivity index (χ1v) is 5.08. The van der Waals surface area contributed by atoms with Crippen molar-refractivity contribution in [2.75, 3.05) is 13.6 Å². The number of hydrogen-bond donors (Lipinski definition) is 2. The molecule has 1 unspecified atom stereocenters. The number of urea groups is 1. The minimum absolute atomic E-state index is 0.701. The van der Waals surface area contributed by atoms with Gasteiger partial charge in [0.2, 0.25) is 0 Å². The number of rotatable bonds is 4. The number of alkyl halides is 2. The van der Waals surface area contributed by atoms with E-state index in [1.54, 1.807) is 20.8 Å². The van der Waals surface area contributed by atoms with Gasteiger partial charge in [0.05, 0.1) is 6.54 Å². The fourth-order valence-corrected chi connectivity index (χ4v) is 1.17. The summed E-state index contributed by atoms with van der Waals surface area (Å²) in [6, 6.07) is -1.96. The van der Waals surface area contributed by atoms with Crippen molar-refractivity contribution in [3.05, 3.63) is 0 Å². The molecule has 0 aliphatic heterocycles. The van der Waals surface area contributed by atoms with Crippen LogP contribution in [0, 0.1) is 5.41 Å². The van der Waals surface area contributed by atoms with Crippen LogP contribution in [0.15, 0.2) is 0 Å². The molecule has 0 spiro atoms. The molecule has 7 heteroatoms. The zero-order valence-corrected chi connectivity index (χ0v) is 10.3. The minimum Gasteiger partial charge on any atom is -0.480 e. The first kappa shape index (κ1) is 15.6. The Morgan fingerprint density at radius 3 is 2.12 bits per heavy atom. The van der Waals surface area contributed by atoms with Crippen LogP contribution in [0.25, 0.3) is 0 Å². The summed E-state index contributed by atoms with van der Waals surface area (Å²) in [5.74, 6) is -1.20. The van der Waals surface area contributed by atoms with Gasteiger partial charge in [-0.05, 0) is 5.41 Å². The van der Waals surface area contributed by atoms with Crippen molar-refractivity contribution in [3.63, 3.8) is 0 Å². The average molecular weight is 252 g/mol. The molecule has 0 heterocycles. The molecule has 0 bridgehead atoms. The molecule has 17 heavy (non-hydrogen) atoms. The highest BCUT2D eigenvalue weighted by Gasteiger charge is 2.33. The lowest BCUT2D eigenvalue weighted by Gasteiger charge is -2.29. The molecular weight excluding hydrogens is 234 g/mol. The second-order valence-corrected chi connectivity index (χ2v) is 4.86. The van der Waals surface area contributed by atoms with Crippen LogP contribution >= 0.6 is 0 Å². The van der Waals surface area contributed by atoms with E-state index in [9.17, 15) is 18.4 Å². The van der Waals surface area contributed by atoms with Crippen LogP contribution in [0.4, 0.5) is 13.6 Å². The average Bonchev–Trinajstić information content (AvgIpc) is 2.09. The van der Waals surface area contributed by atoms with Gasteiger partial charge in [0, 0.05) is 7.05 Å². The smallest absolute Gasteiger partial charge is 0.326 e. The van der Waals surface area contributed by atoms with Gasteiger partial charge >= 0.3 is 12.0 Å². The van der Waals surface area contributed by atoms with Crippen molar-refractivity contribution in [1.29, 1.82) is 0 Å². The summed E-state index contributed by atoms with van der Waals surface area (Å²) in [6.45, 7) is 4.18. The highest BCUT2D eigenvalue weighted by molar-refractivity contribution is 5.83. The molecular formula is C10H18F2N2O3. The van der Waals surface area contributed by atoms with Gasteiger partial charge in [-0.1, -0.05) is 20.8 Å². The molecule has 0 aromatic rings. The maximum atomic E-state index is 12.0. The largest absolute Gasteiger partial charge is 0.480 e. The van der Waals surface area contributed by atoms with Gasteiger partial charge in [-0.2, -0.15) is 0 Å². The fourth-order valence-electron chi connectivity index (χ4n) is 1.17. The van der Waals surface area contributed by atoms with E-state index in [2.05, 4.69) is 5.32 Å². The summed E-state index contributed by atoms with van der Waals surface area (Å²) < 4.78 is 24.1. The van der Waals surface area contributed by atoms with Crippen LogP contribution in [0.5, 0.6) is 0 Å². The quantitative estimate of drug-likeness (QED) is 0.794. The Morgan fingerprint density at radius 2 is 1.82 bits per heavy atom. The third kappa shape index (κ3) is 5.46. The molecule has 5 nitrogen and oxygen atoms in total. The summed E-state index contributed by atoms with van der Waals surface area (Å²) >= 11 is 0. The molecule has 0 aromatic heterocycles. The number of carboxylic acid groups (broad SMARTS) is 1. The van der Waals surface area contributed by atoms with Crippen LogP contribution in [-0.2, 0) is 4.79 Å². The fraction of sp³-hybridized carbons (Fsp3) is 0.800. The van der Waals surface area contributed by atoms with Gasteiger partial charge in [0.1, 0.15) is 6.04 Å². The molecule has 1 atom stereocenters. The zero-order valence-electron chi connectivity index (χ0n) is 10.3. The van der Waals surface area contributed by atoms with E-state index in [1.807, 2.05) is 0 Å². The molecule has 0 aliphatic rings. The maximum absolute atomic E-state index is 12.0. The number of carbonyl (C=O) groups excluding carboxylic acids is 1. The Morgan fingerprint density at radius 1 is 1.35 bits per heavy atom. The van der Waals surface area contributed by atoms with Crippen LogP contribution < -0.4 is 5.32 Å². The minimum atomic E-state index is -2.65. The predicted molar refractivity (Wildman–Crippen MR) is 58.0 cm³/mol. The molecule has 0 radical (unpaired) electrons. The molecule has 0 aromatic carbocycles. The van der Waals surface area contributed by atoms with Gasteiger partial charge in [-0.25, -0.2) is 18.4 Å². The molecule has 100 valence electrons. The lowest BCUT2D eigenvalue weighted by molar-refractivity contribution is -0.142. The van der Waals surface area contributed by atoms with Crippen LogP contribution in [0.3, 0.4) is 0 Å². The number of nitrogens with zero attached hydrogens (tertiary/aromatic N) is 1. The lowest BCUT2D eigenvalue weighted by atomic mass is 9.87. The topological polar surface area (TPSA) is 69.6 Å². The molecule has 2 N–H and O–H groups in total. The van der Waals surface area contributed by atoms with Crippen LogP contribution in [0.2, 0.25) is 0 Å². The van der Waals surface area contributed by atoms with Crippen LogP contribution in [0.1, 0.15) is 20.8 Å². The molecule has 0 rings (SSSR count). The maximum Gasteiger partial charge on any atom is 0.326 e. The van der Waals surface area contributed by atoms with Crippen molar-refractivity contribution < 1.29 is 23.5 Å². The number of nitrogens with one attached hydrogen (secondary N) is 1. The third-order valence-corrected chi connectivity index (χ3v) is 2.14. The molecule has 0 fully saturated rings. The molecule has 0 saturated heterocycles. The van der Waals surface area contributed by atoms with E-state index in [4.69, 9.17) is 5.11 Å². The van der Waals surface area contributed by atoms with Crippen molar-refractivity contribution in [1.82, 2.24) is 10.2 Å². The van der Waals surface area contributed by atoms with Crippen molar-refractivity contribution in [3.8, 4) is 0 Å². The Balaban J connectivity index is 4.58. The van der Waals surface area contributed by atoms with E-state index in [0.29, 0.717) is 0 Å². The van der Waals surface area contributed by atoms with Crippen molar-refractivity contribution >= 4 is 12.0 Å². The van der Waals surface area contributed by atoms with E-state index in [0.717, 1.165) is 4.90 Å². The summed E-state index contributed by atoms with van der Waals surface area (Å²) in [4.78, 5) is 23.2. The van der Waals surface area contributed by atoms with Gasteiger partial charge in [-0.3, -0.25) is 0 Å². The second-order valence-electron chi connectivity index (χ2n) is 4.86. The van der Waals surface area contributed by atoms with Gasteiger partial charge in [0.25, 0.3) is 6.43 Å².